The minimum absolute atomic E-state index is 0.166. The monoisotopic (exact) mass is 376 g/mol. The second-order valence-corrected chi connectivity index (χ2v) is 7.73. The number of pyridine rings is 1. The van der Waals surface area contributed by atoms with Crippen LogP contribution in [-0.2, 0) is 16.4 Å². The van der Waals surface area contributed by atoms with Crippen LogP contribution in [0, 0.1) is 0 Å². The van der Waals surface area contributed by atoms with Crippen LogP contribution in [0.25, 0.3) is 10.9 Å². The second-order valence-electron chi connectivity index (χ2n) is 5.59. The summed E-state index contributed by atoms with van der Waals surface area (Å²) >= 11 is 6.14. The maximum atomic E-state index is 12.5. The van der Waals surface area contributed by atoms with Gasteiger partial charge >= 0.3 is 0 Å². The van der Waals surface area contributed by atoms with Gasteiger partial charge < -0.3 is 5.11 Å². The number of fused-ring (bicyclic) bond motifs is 1. The summed E-state index contributed by atoms with van der Waals surface area (Å²) in [6.45, 7) is 0.258. The van der Waals surface area contributed by atoms with Crippen LogP contribution >= 0.6 is 11.6 Å². The van der Waals surface area contributed by atoms with E-state index in [1.807, 2.05) is 30.3 Å². The Morgan fingerprint density at radius 1 is 1.12 bits per heavy atom. The number of hydrogen-bond acceptors (Lipinski definition) is 4. The summed E-state index contributed by atoms with van der Waals surface area (Å²) in [6, 6.07) is 14.4. The SMILES string of the molecule is O=S(=O)(NCCCc1ccccc1)c1cc(Cl)c2cccnc2c1O. The molecule has 0 bridgehead atoms. The van der Waals surface area contributed by atoms with E-state index < -0.39 is 15.8 Å². The Labute approximate surface area is 151 Å². The van der Waals surface area contributed by atoms with Gasteiger partial charge in [0.25, 0.3) is 0 Å². The van der Waals surface area contributed by atoms with Crippen molar-refractivity contribution in [2.75, 3.05) is 6.54 Å². The zero-order valence-electron chi connectivity index (χ0n) is 13.3. The Hall–Kier alpha value is -2.15. The fourth-order valence-corrected chi connectivity index (χ4v) is 4.11. The molecule has 0 unspecified atom stereocenters. The van der Waals surface area contributed by atoms with Crippen molar-refractivity contribution in [1.29, 1.82) is 0 Å². The highest BCUT2D eigenvalue weighted by atomic mass is 35.5. The number of phenolic OH excluding ortho intramolecular Hbond substituents is 1. The molecule has 0 saturated heterocycles. The van der Waals surface area contributed by atoms with E-state index in [0.717, 1.165) is 12.0 Å². The molecule has 0 fully saturated rings. The highest BCUT2D eigenvalue weighted by Crippen LogP contribution is 2.35. The number of rotatable bonds is 6. The highest BCUT2D eigenvalue weighted by Gasteiger charge is 2.22. The average molecular weight is 377 g/mol. The standard InChI is InChI=1S/C18H17ClN2O3S/c19-15-12-16(18(22)17-14(15)9-5-10-20-17)25(23,24)21-11-4-8-13-6-2-1-3-7-13/h1-3,5-7,9-10,12,21-22H,4,8,11H2. The fraction of sp³-hybridized carbons (Fsp3) is 0.167. The van der Waals surface area contributed by atoms with E-state index in [4.69, 9.17) is 11.6 Å². The predicted octanol–water partition coefficient (Wildman–Crippen LogP) is 3.50. The summed E-state index contributed by atoms with van der Waals surface area (Å²) in [5, 5.41) is 11.0. The summed E-state index contributed by atoms with van der Waals surface area (Å²) < 4.78 is 27.5. The summed E-state index contributed by atoms with van der Waals surface area (Å²) in [4.78, 5) is 3.76. The van der Waals surface area contributed by atoms with Gasteiger partial charge in [-0.25, -0.2) is 13.1 Å². The van der Waals surface area contributed by atoms with Gasteiger partial charge in [0.05, 0.1) is 5.02 Å². The van der Waals surface area contributed by atoms with Gasteiger partial charge in [0.15, 0.2) is 5.75 Å². The second kappa shape index (κ2) is 7.39. The van der Waals surface area contributed by atoms with Crippen molar-refractivity contribution in [1.82, 2.24) is 9.71 Å². The Bertz CT molecular complexity index is 992. The van der Waals surface area contributed by atoms with Crippen LogP contribution in [0.3, 0.4) is 0 Å². The van der Waals surface area contributed by atoms with Crippen molar-refractivity contribution >= 4 is 32.5 Å². The number of sulfonamides is 1. The molecule has 5 nitrogen and oxygen atoms in total. The van der Waals surface area contributed by atoms with Crippen LogP contribution in [0.1, 0.15) is 12.0 Å². The smallest absolute Gasteiger partial charge is 0.244 e. The third kappa shape index (κ3) is 3.92. The first-order chi connectivity index (χ1) is 12.0. The zero-order valence-corrected chi connectivity index (χ0v) is 14.9. The molecule has 130 valence electrons. The number of aromatic hydroxyl groups is 1. The Balaban J connectivity index is 1.76. The molecule has 3 rings (SSSR count). The molecule has 2 aromatic carbocycles. The molecule has 2 N–H and O–H groups in total. The number of hydrogen-bond donors (Lipinski definition) is 2. The number of nitrogens with one attached hydrogen (secondary N) is 1. The summed E-state index contributed by atoms with van der Waals surface area (Å²) in [5.74, 6) is -0.393. The quantitative estimate of drug-likeness (QED) is 0.645. The van der Waals surface area contributed by atoms with Crippen molar-refractivity contribution in [3.05, 3.63) is 65.3 Å². The van der Waals surface area contributed by atoms with Gasteiger partial charge in [0.2, 0.25) is 10.0 Å². The molecule has 0 aliphatic carbocycles. The molecule has 7 heteroatoms. The third-order valence-corrected chi connectivity index (χ3v) is 5.63. The Kier molecular flexibility index (Phi) is 5.22. The van der Waals surface area contributed by atoms with Crippen LogP contribution in [0.15, 0.2) is 59.6 Å². The fourth-order valence-electron chi connectivity index (χ4n) is 2.59. The highest BCUT2D eigenvalue weighted by molar-refractivity contribution is 7.89. The zero-order chi connectivity index (χ0) is 17.9. The summed E-state index contributed by atoms with van der Waals surface area (Å²) in [6.07, 6.45) is 2.88. The number of nitrogens with zero attached hydrogens (tertiary/aromatic N) is 1. The van der Waals surface area contributed by atoms with Crippen molar-refractivity contribution in [2.45, 2.75) is 17.7 Å². The molecule has 0 radical (unpaired) electrons. The molecule has 0 aliphatic rings. The predicted molar refractivity (Wildman–Crippen MR) is 98.4 cm³/mol. The maximum Gasteiger partial charge on any atom is 0.244 e. The van der Waals surface area contributed by atoms with Crippen LogP contribution in [-0.4, -0.2) is 25.1 Å². The van der Waals surface area contributed by atoms with Crippen LogP contribution in [0.4, 0.5) is 0 Å². The lowest BCUT2D eigenvalue weighted by molar-refractivity contribution is 0.463. The van der Waals surface area contributed by atoms with Crippen LogP contribution in [0.5, 0.6) is 5.75 Å². The number of phenols is 1. The van der Waals surface area contributed by atoms with E-state index in [1.165, 1.54) is 12.3 Å². The van der Waals surface area contributed by atoms with Gasteiger partial charge in [-0.1, -0.05) is 41.9 Å². The van der Waals surface area contributed by atoms with Crippen molar-refractivity contribution in [3.63, 3.8) is 0 Å². The molecule has 0 saturated carbocycles. The van der Waals surface area contributed by atoms with Gasteiger partial charge in [-0.05, 0) is 36.6 Å². The van der Waals surface area contributed by atoms with E-state index in [9.17, 15) is 13.5 Å². The van der Waals surface area contributed by atoms with Crippen molar-refractivity contribution in [3.8, 4) is 5.75 Å². The van der Waals surface area contributed by atoms with Gasteiger partial charge in [-0.3, -0.25) is 4.98 Å². The molecule has 1 heterocycles. The molecule has 0 spiro atoms. The molecule has 1 aromatic heterocycles. The lowest BCUT2D eigenvalue weighted by Crippen LogP contribution is -2.25. The Morgan fingerprint density at radius 2 is 1.88 bits per heavy atom. The van der Waals surface area contributed by atoms with E-state index in [-0.39, 0.29) is 22.0 Å². The van der Waals surface area contributed by atoms with Gasteiger partial charge in [0.1, 0.15) is 10.4 Å². The number of halogens is 1. The van der Waals surface area contributed by atoms with E-state index in [1.54, 1.807) is 12.1 Å². The van der Waals surface area contributed by atoms with Crippen LogP contribution in [0.2, 0.25) is 5.02 Å². The Morgan fingerprint density at radius 3 is 2.64 bits per heavy atom. The molecular weight excluding hydrogens is 360 g/mol. The van der Waals surface area contributed by atoms with E-state index >= 15 is 0 Å². The molecule has 25 heavy (non-hydrogen) atoms. The number of aromatic nitrogens is 1. The molecule has 0 atom stereocenters. The lowest BCUT2D eigenvalue weighted by Gasteiger charge is -2.11. The molecular formula is C18H17ClN2O3S. The third-order valence-electron chi connectivity index (χ3n) is 3.85. The minimum Gasteiger partial charge on any atom is -0.504 e. The summed E-state index contributed by atoms with van der Waals surface area (Å²) in [7, 11) is -3.88. The van der Waals surface area contributed by atoms with Gasteiger partial charge in [-0.2, -0.15) is 0 Å². The van der Waals surface area contributed by atoms with Crippen molar-refractivity contribution < 1.29 is 13.5 Å². The van der Waals surface area contributed by atoms with E-state index in [0.29, 0.717) is 11.8 Å². The molecule has 3 aromatic rings. The number of aryl methyl sites for hydroxylation is 1. The normalized spacial score (nSPS) is 11.7. The van der Waals surface area contributed by atoms with Crippen LogP contribution < -0.4 is 4.72 Å². The van der Waals surface area contributed by atoms with Crippen molar-refractivity contribution in [2.24, 2.45) is 0 Å². The number of benzene rings is 2. The summed E-state index contributed by atoms with van der Waals surface area (Å²) in [5.41, 5.74) is 1.31. The maximum absolute atomic E-state index is 12.5. The average Bonchev–Trinajstić information content (AvgIpc) is 2.63. The first kappa shape index (κ1) is 17.7. The van der Waals surface area contributed by atoms with E-state index in [2.05, 4.69) is 9.71 Å². The van der Waals surface area contributed by atoms with Gasteiger partial charge in [-0.15, -0.1) is 0 Å². The minimum atomic E-state index is -3.88. The molecule has 0 amide bonds. The largest absolute Gasteiger partial charge is 0.504 e. The lowest BCUT2D eigenvalue weighted by atomic mass is 10.1. The first-order valence-corrected chi connectivity index (χ1v) is 9.65. The van der Waals surface area contributed by atoms with Gasteiger partial charge in [0, 0.05) is 18.1 Å². The first-order valence-electron chi connectivity index (χ1n) is 7.79. The molecule has 0 aliphatic heterocycles. The topological polar surface area (TPSA) is 79.3 Å².